The fraction of sp³-hybridized carbons (Fsp3) is 0.190. The number of amides is 1. The number of nitrogens with zero attached hydrogens (tertiary/aromatic N) is 3. The van der Waals surface area contributed by atoms with Crippen molar-refractivity contribution in [3.8, 4) is 5.75 Å². The molecule has 0 radical (unpaired) electrons. The Morgan fingerprint density at radius 2 is 1.53 bits per heavy atom. The van der Waals surface area contributed by atoms with Crippen LogP contribution in [0.1, 0.15) is 47.1 Å². The van der Waals surface area contributed by atoms with Crippen molar-refractivity contribution in [2.45, 2.75) is 26.3 Å². The van der Waals surface area contributed by atoms with Gasteiger partial charge in [-0.05, 0) is 38.5 Å². The van der Waals surface area contributed by atoms with E-state index in [1.807, 2.05) is 6.08 Å². The van der Waals surface area contributed by atoms with Gasteiger partial charge in [0.25, 0.3) is 23.1 Å². The number of ether oxygens (including phenoxy) is 1. The molecule has 2 aliphatic rings. The molecule has 1 amide bonds. The number of anilines is 1. The lowest BCUT2D eigenvalue weighted by Gasteiger charge is -2.38. The van der Waals surface area contributed by atoms with E-state index in [0.29, 0.717) is 11.3 Å². The Hall–Kier alpha value is -4.41. The summed E-state index contributed by atoms with van der Waals surface area (Å²) in [6.07, 6.45) is 1.81. The maximum Gasteiger partial charge on any atom is 0.344 e. The molecule has 0 aromatic heterocycles. The number of non-ortho nitro benzene ring substituents is 2. The lowest BCUT2D eigenvalue weighted by atomic mass is 9.89. The van der Waals surface area contributed by atoms with Gasteiger partial charge in [0.05, 0.1) is 38.3 Å². The molecule has 0 spiro atoms. The molecule has 0 fully saturated rings. The molecule has 162 valence electrons. The molecule has 0 saturated heterocycles. The minimum absolute atomic E-state index is 0.0702. The van der Waals surface area contributed by atoms with E-state index >= 15 is 0 Å². The Bertz CT molecular complexity index is 1280. The number of hydrogen-bond donors (Lipinski definition) is 0. The van der Waals surface area contributed by atoms with Gasteiger partial charge in [-0.1, -0.05) is 6.08 Å². The second-order valence-corrected chi connectivity index (χ2v) is 7.96. The predicted molar refractivity (Wildman–Crippen MR) is 111 cm³/mol. The second-order valence-electron chi connectivity index (χ2n) is 7.96. The Kier molecular flexibility index (Phi) is 4.43. The highest BCUT2D eigenvalue weighted by molar-refractivity contribution is 6.53. The molecule has 2 aromatic rings. The molecule has 0 unspecified atom stereocenters. The van der Waals surface area contributed by atoms with E-state index in [1.54, 1.807) is 20.8 Å². The molecule has 11 heteroatoms. The maximum atomic E-state index is 12.6. The number of nitro groups is 2. The second kappa shape index (κ2) is 6.80. The van der Waals surface area contributed by atoms with Crippen LogP contribution in [-0.2, 0) is 4.79 Å². The molecular weight excluding hydrogens is 422 g/mol. The van der Waals surface area contributed by atoms with Crippen molar-refractivity contribution in [3.63, 3.8) is 0 Å². The first-order chi connectivity index (χ1) is 14.9. The third-order valence-corrected chi connectivity index (χ3v) is 5.29. The molecule has 32 heavy (non-hydrogen) atoms. The van der Waals surface area contributed by atoms with Crippen molar-refractivity contribution in [2.24, 2.45) is 0 Å². The molecule has 11 nitrogen and oxygen atoms in total. The molecule has 2 aromatic carbocycles. The van der Waals surface area contributed by atoms with Crippen LogP contribution in [-0.4, -0.2) is 33.0 Å². The van der Waals surface area contributed by atoms with Gasteiger partial charge in [0.2, 0.25) is 0 Å². The number of esters is 1. The lowest BCUT2D eigenvalue weighted by Crippen LogP contribution is -2.47. The highest BCUT2D eigenvalue weighted by atomic mass is 16.6. The number of carbonyl (C=O) groups excluding carboxylic acids is 3. The molecule has 4 rings (SSSR count). The smallest absolute Gasteiger partial charge is 0.344 e. The SMILES string of the molecule is CC1=CC(C)(C)N2C(=O)C(=O)c3cc(OC(=O)c4cc([N+](=O)[O-])cc([N+](=O)[O-])c4)cc1c32. The fourth-order valence-electron chi connectivity index (χ4n) is 4.01. The summed E-state index contributed by atoms with van der Waals surface area (Å²) in [6.45, 7) is 5.38. The average Bonchev–Trinajstić information content (AvgIpc) is 2.97. The zero-order chi connectivity index (χ0) is 23.5. The number of Topliss-reactive ketones (excluding diaryl/α,β-unsaturated/α-hetero) is 1. The van der Waals surface area contributed by atoms with Crippen molar-refractivity contribution in [2.75, 3.05) is 4.90 Å². The summed E-state index contributed by atoms with van der Waals surface area (Å²) >= 11 is 0. The van der Waals surface area contributed by atoms with Gasteiger partial charge in [0.1, 0.15) is 5.75 Å². The van der Waals surface area contributed by atoms with E-state index in [-0.39, 0.29) is 11.3 Å². The van der Waals surface area contributed by atoms with Gasteiger partial charge in [-0.2, -0.15) is 0 Å². The molecule has 0 saturated carbocycles. The standard InChI is InChI=1S/C21H15N3O8/c1-10-9-21(2,3)22-17-15(10)7-14(8-16(17)18(25)19(22)26)32-20(27)11-4-12(23(28)29)6-13(5-11)24(30)31/h4-9H,1-3H3. The zero-order valence-electron chi connectivity index (χ0n) is 17.1. The van der Waals surface area contributed by atoms with E-state index in [0.717, 1.165) is 23.8 Å². The van der Waals surface area contributed by atoms with Gasteiger partial charge in [-0.15, -0.1) is 0 Å². The van der Waals surface area contributed by atoms with Gasteiger partial charge in [-0.3, -0.25) is 34.7 Å². The summed E-state index contributed by atoms with van der Waals surface area (Å²) in [5.41, 5.74) is -0.646. The third-order valence-electron chi connectivity index (χ3n) is 5.29. The molecule has 0 aliphatic carbocycles. The topological polar surface area (TPSA) is 150 Å². The number of allylic oxidation sites excluding steroid dienone is 1. The Morgan fingerprint density at radius 1 is 0.969 bits per heavy atom. The molecule has 0 atom stereocenters. The molecule has 0 N–H and O–H groups in total. The van der Waals surface area contributed by atoms with Crippen LogP contribution in [0.3, 0.4) is 0 Å². The van der Waals surface area contributed by atoms with Crippen LogP contribution in [0.25, 0.3) is 5.57 Å². The first kappa shape index (κ1) is 20.8. The molecular formula is C21H15N3O8. The first-order valence-electron chi connectivity index (χ1n) is 9.33. The molecule has 2 aliphatic heterocycles. The van der Waals surface area contributed by atoms with E-state index in [1.165, 1.54) is 17.0 Å². The van der Waals surface area contributed by atoms with Crippen molar-refractivity contribution < 1.29 is 29.0 Å². The zero-order valence-corrected chi connectivity index (χ0v) is 17.1. The van der Waals surface area contributed by atoms with Crippen LogP contribution in [0.15, 0.2) is 36.4 Å². The Labute approximate surface area is 180 Å². The van der Waals surface area contributed by atoms with E-state index in [4.69, 9.17) is 4.74 Å². The van der Waals surface area contributed by atoms with E-state index in [2.05, 4.69) is 0 Å². The van der Waals surface area contributed by atoms with Crippen LogP contribution >= 0.6 is 0 Å². The monoisotopic (exact) mass is 437 g/mol. The number of carbonyl (C=O) groups is 3. The van der Waals surface area contributed by atoms with Gasteiger partial charge in [0, 0.05) is 17.7 Å². The summed E-state index contributed by atoms with van der Waals surface area (Å²) < 4.78 is 5.29. The Morgan fingerprint density at radius 3 is 2.09 bits per heavy atom. The van der Waals surface area contributed by atoms with Crippen molar-refractivity contribution in [3.05, 3.63) is 73.3 Å². The number of nitro benzene ring substituents is 2. The van der Waals surface area contributed by atoms with Crippen LogP contribution in [0.4, 0.5) is 17.1 Å². The summed E-state index contributed by atoms with van der Waals surface area (Å²) in [6, 6.07) is 5.17. The number of ketones is 1. The highest BCUT2D eigenvalue weighted by Gasteiger charge is 2.47. The van der Waals surface area contributed by atoms with E-state index in [9.17, 15) is 34.6 Å². The summed E-state index contributed by atoms with van der Waals surface area (Å²) in [5.74, 6) is -2.61. The van der Waals surface area contributed by atoms with Gasteiger partial charge in [0.15, 0.2) is 0 Å². The summed E-state index contributed by atoms with van der Waals surface area (Å²) in [7, 11) is 0. The van der Waals surface area contributed by atoms with Crippen LogP contribution in [0.2, 0.25) is 0 Å². The van der Waals surface area contributed by atoms with Gasteiger partial charge in [-0.25, -0.2) is 4.79 Å². The normalized spacial score (nSPS) is 15.8. The third kappa shape index (κ3) is 3.11. The van der Waals surface area contributed by atoms with Crippen molar-refractivity contribution >= 4 is 40.3 Å². The quantitative estimate of drug-likeness (QED) is 0.232. The highest BCUT2D eigenvalue weighted by Crippen LogP contribution is 2.46. The number of hydrogen-bond acceptors (Lipinski definition) is 8. The summed E-state index contributed by atoms with van der Waals surface area (Å²) in [4.78, 5) is 59.6. The fourth-order valence-corrected chi connectivity index (χ4v) is 4.01. The maximum absolute atomic E-state index is 12.6. The first-order valence-corrected chi connectivity index (χ1v) is 9.33. The lowest BCUT2D eigenvalue weighted by molar-refractivity contribution is -0.394. The average molecular weight is 437 g/mol. The summed E-state index contributed by atoms with van der Waals surface area (Å²) in [5, 5.41) is 22.1. The van der Waals surface area contributed by atoms with Crippen LogP contribution in [0, 0.1) is 20.2 Å². The van der Waals surface area contributed by atoms with Crippen molar-refractivity contribution in [1.82, 2.24) is 0 Å². The molecule has 2 heterocycles. The van der Waals surface area contributed by atoms with Crippen molar-refractivity contribution in [1.29, 1.82) is 0 Å². The van der Waals surface area contributed by atoms with Gasteiger partial charge >= 0.3 is 5.97 Å². The Balaban J connectivity index is 1.77. The molecule has 0 bridgehead atoms. The number of benzene rings is 2. The number of rotatable bonds is 4. The van der Waals surface area contributed by atoms with Crippen LogP contribution < -0.4 is 9.64 Å². The van der Waals surface area contributed by atoms with Crippen LogP contribution in [0.5, 0.6) is 5.75 Å². The van der Waals surface area contributed by atoms with Gasteiger partial charge < -0.3 is 4.74 Å². The minimum atomic E-state index is -1.09. The van der Waals surface area contributed by atoms with E-state index < -0.39 is 50.0 Å². The minimum Gasteiger partial charge on any atom is -0.423 e. The largest absolute Gasteiger partial charge is 0.423 e. The predicted octanol–water partition coefficient (Wildman–Crippen LogP) is 3.45.